The quantitative estimate of drug-likeness (QED) is 0.886. The van der Waals surface area contributed by atoms with Crippen molar-refractivity contribution < 1.29 is 27.9 Å². The molecule has 0 aliphatic rings. The second-order valence-electron chi connectivity index (χ2n) is 5.48. The summed E-state index contributed by atoms with van der Waals surface area (Å²) in [5.41, 5.74) is -2.74. The largest absolute Gasteiger partial charge is 0.480 e. The van der Waals surface area contributed by atoms with Gasteiger partial charge in [-0.25, -0.2) is 4.68 Å². The van der Waals surface area contributed by atoms with Gasteiger partial charge in [-0.1, -0.05) is 12.1 Å². The summed E-state index contributed by atoms with van der Waals surface area (Å²) >= 11 is 0. The van der Waals surface area contributed by atoms with Crippen molar-refractivity contribution >= 4 is 11.9 Å². The van der Waals surface area contributed by atoms with Gasteiger partial charge in [0, 0.05) is 18.8 Å². The molecular formula is C16H14F3N3O4. The third kappa shape index (κ3) is 3.90. The Balaban J connectivity index is 2.62. The smallest absolute Gasteiger partial charge is 0.418 e. The normalized spacial score (nSPS) is 11.3. The number of carboxylic acid groups (broad SMARTS) is 1. The van der Waals surface area contributed by atoms with Gasteiger partial charge in [0.2, 0.25) is 5.43 Å². The zero-order chi connectivity index (χ0) is 19.6. The Labute approximate surface area is 145 Å². The lowest BCUT2D eigenvalue weighted by atomic mass is 10.1. The van der Waals surface area contributed by atoms with Gasteiger partial charge in [0.25, 0.3) is 5.91 Å². The maximum Gasteiger partial charge on any atom is 0.418 e. The van der Waals surface area contributed by atoms with Gasteiger partial charge in [-0.15, -0.1) is 0 Å². The summed E-state index contributed by atoms with van der Waals surface area (Å²) in [6, 6.07) is 5.55. The van der Waals surface area contributed by atoms with E-state index in [1.807, 2.05) is 0 Å². The number of hydrogen-bond donors (Lipinski definition) is 1. The van der Waals surface area contributed by atoms with E-state index in [9.17, 15) is 27.6 Å². The Morgan fingerprint density at radius 2 is 1.88 bits per heavy atom. The predicted octanol–water partition coefficient (Wildman–Crippen LogP) is 1.72. The van der Waals surface area contributed by atoms with Crippen LogP contribution in [0.3, 0.4) is 0 Å². The molecule has 0 atom stereocenters. The Hall–Kier alpha value is -3.17. The molecule has 138 valence electrons. The number of aromatic nitrogens is 2. The van der Waals surface area contributed by atoms with Crippen LogP contribution in [0, 0.1) is 6.92 Å². The molecule has 2 aromatic rings. The van der Waals surface area contributed by atoms with Gasteiger partial charge in [0.1, 0.15) is 6.54 Å². The number of halogens is 3. The summed E-state index contributed by atoms with van der Waals surface area (Å²) in [5, 5.41) is 12.5. The van der Waals surface area contributed by atoms with Crippen LogP contribution >= 0.6 is 0 Å². The molecule has 0 spiro atoms. The second-order valence-corrected chi connectivity index (χ2v) is 5.48. The van der Waals surface area contributed by atoms with E-state index >= 15 is 0 Å². The van der Waals surface area contributed by atoms with E-state index in [4.69, 9.17) is 5.11 Å². The predicted molar refractivity (Wildman–Crippen MR) is 84.2 cm³/mol. The van der Waals surface area contributed by atoms with Gasteiger partial charge in [-0.2, -0.15) is 18.3 Å². The molecule has 0 fully saturated rings. The maximum absolute atomic E-state index is 13.2. The molecule has 1 aromatic carbocycles. The topological polar surface area (TPSA) is 92.5 Å². The van der Waals surface area contributed by atoms with Crippen LogP contribution in [0.15, 0.2) is 35.1 Å². The van der Waals surface area contributed by atoms with Crippen LogP contribution in [0.25, 0.3) is 5.69 Å². The molecule has 0 unspecified atom stereocenters. The molecule has 0 saturated carbocycles. The first kappa shape index (κ1) is 19.2. The fourth-order valence-electron chi connectivity index (χ4n) is 2.29. The minimum absolute atomic E-state index is 0.0872. The lowest BCUT2D eigenvalue weighted by Crippen LogP contribution is -2.36. The summed E-state index contributed by atoms with van der Waals surface area (Å²) in [5.74, 6) is -2.31. The third-order valence-electron chi connectivity index (χ3n) is 3.47. The standard InChI is InChI=1S/C16H14F3N3O4/c1-9-7-12(23)14(15(26)21(2)8-13(24)25)20-22(9)11-6-4-3-5-10(11)16(17,18)19/h3-7H,8H2,1-2H3,(H,24,25). The molecule has 0 aliphatic carbocycles. The number of carbonyl (C=O) groups is 2. The fraction of sp³-hybridized carbons (Fsp3) is 0.250. The van der Waals surface area contributed by atoms with Crippen molar-refractivity contribution in [3.63, 3.8) is 0 Å². The van der Waals surface area contributed by atoms with E-state index in [1.165, 1.54) is 19.1 Å². The number of carboxylic acids is 1. The minimum Gasteiger partial charge on any atom is -0.480 e. The Morgan fingerprint density at radius 1 is 1.27 bits per heavy atom. The molecule has 0 saturated heterocycles. The number of rotatable bonds is 4. The number of alkyl halides is 3. The van der Waals surface area contributed by atoms with Crippen molar-refractivity contribution in [2.24, 2.45) is 0 Å². The number of aryl methyl sites for hydroxylation is 1. The molecule has 2 rings (SSSR count). The van der Waals surface area contributed by atoms with Crippen molar-refractivity contribution in [3.8, 4) is 5.69 Å². The van der Waals surface area contributed by atoms with E-state index in [-0.39, 0.29) is 11.4 Å². The molecule has 1 heterocycles. The maximum atomic E-state index is 13.2. The van der Waals surface area contributed by atoms with Crippen LogP contribution in [-0.2, 0) is 11.0 Å². The van der Waals surface area contributed by atoms with Crippen molar-refractivity contribution in [2.45, 2.75) is 13.1 Å². The Kier molecular flexibility index (Phi) is 5.15. The first-order valence-electron chi connectivity index (χ1n) is 7.27. The van der Waals surface area contributed by atoms with Crippen LogP contribution in [0.4, 0.5) is 13.2 Å². The number of para-hydroxylation sites is 1. The van der Waals surface area contributed by atoms with Crippen LogP contribution < -0.4 is 5.43 Å². The minimum atomic E-state index is -4.67. The molecule has 0 radical (unpaired) electrons. The highest BCUT2D eigenvalue weighted by Crippen LogP contribution is 2.33. The number of carbonyl (C=O) groups excluding carboxylic acids is 1. The van der Waals surface area contributed by atoms with E-state index in [2.05, 4.69) is 5.10 Å². The molecule has 1 amide bonds. The molecule has 7 nitrogen and oxygen atoms in total. The average Bonchev–Trinajstić information content (AvgIpc) is 2.53. The number of likely N-dealkylation sites (N-methyl/N-ethyl adjacent to an activating group) is 1. The highest BCUT2D eigenvalue weighted by atomic mass is 19.4. The first-order valence-corrected chi connectivity index (χ1v) is 7.27. The van der Waals surface area contributed by atoms with Gasteiger partial charge in [-0.3, -0.25) is 14.4 Å². The Morgan fingerprint density at radius 3 is 2.46 bits per heavy atom. The summed E-state index contributed by atoms with van der Waals surface area (Å²) < 4.78 is 40.5. The number of amides is 1. The number of nitrogens with zero attached hydrogens (tertiary/aromatic N) is 3. The summed E-state index contributed by atoms with van der Waals surface area (Å²) in [4.78, 5) is 35.7. The number of hydrogen-bond acceptors (Lipinski definition) is 4. The SMILES string of the molecule is Cc1cc(=O)c(C(=O)N(C)CC(=O)O)nn1-c1ccccc1C(F)(F)F. The highest BCUT2D eigenvalue weighted by molar-refractivity contribution is 5.93. The van der Waals surface area contributed by atoms with Gasteiger partial charge >= 0.3 is 12.1 Å². The van der Waals surface area contributed by atoms with Gasteiger partial charge in [-0.05, 0) is 19.1 Å². The van der Waals surface area contributed by atoms with E-state index in [0.717, 1.165) is 34.8 Å². The second kappa shape index (κ2) is 6.98. The molecule has 0 bridgehead atoms. The van der Waals surface area contributed by atoms with Crippen molar-refractivity contribution in [1.29, 1.82) is 0 Å². The molecule has 0 aliphatic heterocycles. The monoisotopic (exact) mass is 369 g/mol. The fourth-order valence-corrected chi connectivity index (χ4v) is 2.29. The summed E-state index contributed by atoms with van der Waals surface area (Å²) in [6.07, 6.45) is -4.67. The molecule has 1 N–H and O–H groups in total. The van der Waals surface area contributed by atoms with Crippen molar-refractivity contribution in [1.82, 2.24) is 14.7 Å². The molecular weight excluding hydrogens is 355 g/mol. The van der Waals surface area contributed by atoms with Gasteiger partial charge < -0.3 is 10.0 Å². The third-order valence-corrected chi connectivity index (χ3v) is 3.47. The van der Waals surface area contributed by atoms with Crippen LogP contribution in [0.2, 0.25) is 0 Å². The lowest BCUT2D eigenvalue weighted by Gasteiger charge is -2.18. The van der Waals surface area contributed by atoms with E-state index in [0.29, 0.717) is 0 Å². The number of benzene rings is 1. The van der Waals surface area contributed by atoms with Crippen LogP contribution in [-0.4, -0.2) is 45.3 Å². The van der Waals surface area contributed by atoms with Crippen LogP contribution in [0.5, 0.6) is 0 Å². The number of aliphatic carboxylic acids is 1. The first-order chi connectivity index (χ1) is 12.0. The zero-order valence-electron chi connectivity index (χ0n) is 13.7. The summed E-state index contributed by atoms with van der Waals surface area (Å²) in [7, 11) is 1.14. The van der Waals surface area contributed by atoms with Crippen molar-refractivity contribution in [2.75, 3.05) is 13.6 Å². The zero-order valence-corrected chi connectivity index (χ0v) is 13.7. The summed E-state index contributed by atoms with van der Waals surface area (Å²) in [6.45, 7) is 0.684. The van der Waals surface area contributed by atoms with Crippen LogP contribution in [0.1, 0.15) is 21.7 Å². The highest BCUT2D eigenvalue weighted by Gasteiger charge is 2.34. The van der Waals surface area contributed by atoms with Gasteiger partial charge in [0.05, 0.1) is 11.3 Å². The van der Waals surface area contributed by atoms with E-state index < -0.39 is 41.3 Å². The van der Waals surface area contributed by atoms with Gasteiger partial charge in [0.15, 0.2) is 5.69 Å². The molecule has 10 heteroatoms. The Bertz CT molecular complexity index is 922. The van der Waals surface area contributed by atoms with Crippen molar-refractivity contribution in [3.05, 3.63) is 57.5 Å². The average molecular weight is 369 g/mol. The molecule has 26 heavy (non-hydrogen) atoms. The van der Waals surface area contributed by atoms with E-state index in [1.54, 1.807) is 0 Å². The lowest BCUT2D eigenvalue weighted by molar-refractivity contribution is -0.138. The molecule has 1 aromatic heterocycles.